The maximum atomic E-state index is 9.20. The molecule has 0 atom stereocenters. The number of anilines is 1. The van der Waals surface area contributed by atoms with Crippen LogP contribution in [0, 0.1) is 0 Å². The van der Waals surface area contributed by atoms with Crippen LogP contribution >= 0.6 is 0 Å². The van der Waals surface area contributed by atoms with Gasteiger partial charge in [0.25, 0.3) is 0 Å². The first kappa shape index (κ1) is 23.9. The Morgan fingerprint density at radius 3 is 2.84 bits per heavy atom. The van der Waals surface area contributed by atoms with E-state index in [0.29, 0.717) is 6.54 Å². The van der Waals surface area contributed by atoms with Crippen molar-refractivity contribution in [2.24, 2.45) is 19.1 Å². The van der Waals surface area contributed by atoms with Crippen LogP contribution in [0.4, 0.5) is 5.82 Å². The number of aromatic nitrogens is 6. The molecular weight excluding hydrogens is 476 g/mol. The van der Waals surface area contributed by atoms with E-state index < -0.39 is 0 Å². The number of aryl methyl sites for hydroxylation is 3. The van der Waals surface area contributed by atoms with Crippen molar-refractivity contribution in [2.45, 2.75) is 25.8 Å². The summed E-state index contributed by atoms with van der Waals surface area (Å²) in [4.78, 5) is 4.74. The fourth-order valence-corrected chi connectivity index (χ4v) is 5.09. The minimum atomic E-state index is 0.0710. The second-order valence-electron chi connectivity index (χ2n) is 9.59. The van der Waals surface area contributed by atoms with Crippen molar-refractivity contribution in [1.29, 1.82) is 0 Å². The quantitative estimate of drug-likeness (QED) is 0.396. The van der Waals surface area contributed by atoms with Crippen molar-refractivity contribution in [3.63, 3.8) is 0 Å². The molecule has 1 aliphatic carbocycles. The highest BCUT2D eigenvalue weighted by Crippen LogP contribution is 2.36. The van der Waals surface area contributed by atoms with E-state index in [1.54, 1.807) is 9.36 Å². The zero-order chi connectivity index (χ0) is 26.1. The fourth-order valence-electron chi connectivity index (χ4n) is 5.09. The molecule has 0 radical (unpaired) electrons. The molecule has 9 nitrogen and oxygen atoms in total. The molecule has 38 heavy (non-hydrogen) atoms. The summed E-state index contributed by atoms with van der Waals surface area (Å²) < 4.78 is 5.56. The SMILES string of the molecule is Cn1ccc(NC2=C/C=C/C3=C(C=N2)CCc2nn(C)c(Cc4cccc(-c5cnn(CCO)c5)c4)c23)n1. The topological polar surface area (TPSA) is 98.1 Å². The van der Waals surface area contributed by atoms with Gasteiger partial charge in [-0.25, -0.2) is 4.99 Å². The highest BCUT2D eigenvalue weighted by molar-refractivity contribution is 5.97. The Labute approximate surface area is 221 Å². The van der Waals surface area contributed by atoms with E-state index in [0.717, 1.165) is 47.7 Å². The second-order valence-corrected chi connectivity index (χ2v) is 9.59. The largest absolute Gasteiger partial charge is 0.394 e. The highest BCUT2D eigenvalue weighted by atomic mass is 16.3. The molecule has 192 valence electrons. The lowest BCUT2D eigenvalue weighted by molar-refractivity contribution is 0.269. The first-order valence-electron chi connectivity index (χ1n) is 12.8. The van der Waals surface area contributed by atoms with E-state index in [1.165, 1.54) is 28.0 Å². The van der Waals surface area contributed by atoms with Gasteiger partial charge in [0.15, 0.2) is 5.82 Å². The summed E-state index contributed by atoms with van der Waals surface area (Å²) in [5.74, 6) is 1.52. The van der Waals surface area contributed by atoms with Crippen LogP contribution in [0.25, 0.3) is 16.7 Å². The van der Waals surface area contributed by atoms with E-state index in [1.807, 2.05) is 61.8 Å². The van der Waals surface area contributed by atoms with Crippen LogP contribution in [0.3, 0.4) is 0 Å². The van der Waals surface area contributed by atoms with E-state index in [9.17, 15) is 5.11 Å². The van der Waals surface area contributed by atoms with Gasteiger partial charge in [-0.3, -0.25) is 14.0 Å². The minimum absolute atomic E-state index is 0.0710. The van der Waals surface area contributed by atoms with Crippen molar-refractivity contribution < 1.29 is 5.11 Å². The van der Waals surface area contributed by atoms with E-state index >= 15 is 0 Å². The zero-order valence-electron chi connectivity index (χ0n) is 21.5. The summed E-state index contributed by atoms with van der Waals surface area (Å²) >= 11 is 0. The molecule has 1 aliphatic heterocycles. The second kappa shape index (κ2) is 10.1. The third kappa shape index (κ3) is 4.76. The molecule has 9 heteroatoms. The maximum Gasteiger partial charge on any atom is 0.153 e. The number of hydrogen-bond acceptors (Lipinski definition) is 6. The summed E-state index contributed by atoms with van der Waals surface area (Å²) in [7, 11) is 3.93. The maximum absolute atomic E-state index is 9.20. The number of allylic oxidation sites excluding steroid dienone is 5. The summed E-state index contributed by atoms with van der Waals surface area (Å²) in [5, 5.41) is 26.1. The number of fused-ring (bicyclic) bond motifs is 2. The molecule has 4 aromatic rings. The summed E-state index contributed by atoms with van der Waals surface area (Å²) in [5.41, 5.74) is 9.30. The molecule has 4 heterocycles. The van der Waals surface area contributed by atoms with Gasteiger partial charge in [0.2, 0.25) is 0 Å². The molecule has 2 aliphatic rings. The van der Waals surface area contributed by atoms with E-state index in [-0.39, 0.29) is 6.61 Å². The van der Waals surface area contributed by atoms with Crippen LogP contribution in [-0.4, -0.2) is 47.3 Å². The predicted octanol–water partition coefficient (Wildman–Crippen LogP) is 3.89. The van der Waals surface area contributed by atoms with Gasteiger partial charge in [0.05, 0.1) is 30.7 Å². The van der Waals surface area contributed by atoms with Crippen LogP contribution in [0.2, 0.25) is 0 Å². The standard InChI is InChI=1S/C29H30N8O/c1-35-12-11-28(34-35)32-27-8-4-7-24-22(17-30-27)9-10-25-29(24)26(36(2)33-25)16-20-5-3-6-21(15-20)23-18-31-37(19-23)13-14-38/h3-8,11-12,15,17-19,38H,9-10,13-14,16H2,1-2H3,(H,30,32,34). The van der Waals surface area contributed by atoms with Crippen molar-refractivity contribution in [3.8, 4) is 11.1 Å². The number of rotatable bonds is 7. The molecular formula is C29H30N8O. The molecule has 3 aromatic heterocycles. The lowest BCUT2D eigenvalue weighted by Crippen LogP contribution is -2.08. The first-order chi connectivity index (χ1) is 18.6. The molecule has 0 fully saturated rings. The molecule has 0 bridgehead atoms. The lowest BCUT2D eigenvalue weighted by Gasteiger charge is -2.18. The molecule has 0 saturated heterocycles. The molecule has 6 rings (SSSR count). The number of aliphatic hydroxyl groups is 1. The Morgan fingerprint density at radius 1 is 1.08 bits per heavy atom. The van der Waals surface area contributed by atoms with Gasteiger partial charge in [-0.1, -0.05) is 36.4 Å². The fraction of sp³-hybridized carbons (Fsp3) is 0.241. The van der Waals surface area contributed by atoms with Crippen molar-refractivity contribution in [3.05, 3.63) is 101 Å². The zero-order valence-corrected chi connectivity index (χ0v) is 21.5. The average molecular weight is 507 g/mol. The lowest BCUT2D eigenvalue weighted by atomic mass is 9.86. The highest BCUT2D eigenvalue weighted by Gasteiger charge is 2.25. The summed E-state index contributed by atoms with van der Waals surface area (Å²) in [6.07, 6.45) is 16.5. The number of aliphatic hydroxyl groups excluding tert-OH is 1. The summed E-state index contributed by atoms with van der Waals surface area (Å²) in [6.45, 7) is 0.562. The monoisotopic (exact) mass is 506 g/mol. The van der Waals surface area contributed by atoms with Crippen molar-refractivity contribution in [2.75, 3.05) is 11.9 Å². The van der Waals surface area contributed by atoms with Gasteiger partial charge >= 0.3 is 0 Å². The molecule has 0 unspecified atom stereocenters. The van der Waals surface area contributed by atoms with Crippen LogP contribution in [0.15, 0.2) is 83.5 Å². The van der Waals surface area contributed by atoms with E-state index in [4.69, 9.17) is 10.1 Å². The Morgan fingerprint density at radius 2 is 2.00 bits per heavy atom. The minimum Gasteiger partial charge on any atom is -0.394 e. The number of nitrogens with one attached hydrogen (secondary N) is 1. The van der Waals surface area contributed by atoms with Crippen LogP contribution in [0.1, 0.15) is 28.9 Å². The molecule has 1 aromatic carbocycles. The van der Waals surface area contributed by atoms with Crippen molar-refractivity contribution in [1.82, 2.24) is 29.3 Å². The number of aliphatic imine (C=N–C) groups is 1. The molecule has 0 amide bonds. The normalized spacial score (nSPS) is 15.5. The molecule has 0 saturated carbocycles. The average Bonchev–Trinajstić information content (AvgIpc) is 3.61. The van der Waals surface area contributed by atoms with Gasteiger partial charge < -0.3 is 10.4 Å². The third-order valence-electron chi connectivity index (χ3n) is 6.93. The van der Waals surface area contributed by atoms with Gasteiger partial charge in [0, 0.05) is 56.3 Å². The number of benzene rings is 1. The van der Waals surface area contributed by atoms with Crippen molar-refractivity contribution >= 4 is 17.6 Å². The Balaban J connectivity index is 1.28. The molecule has 0 spiro atoms. The Kier molecular flexibility index (Phi) is 6.35. The Bertz CT molecular complexity index is 1610. The van der Waals surface area contributed by atoms with Gasteiger partial charge in [-0.15, -0.1) is 0 Å². The number of hydrogen-bond donors (Lipinski definition) is 2. The Hall–Kier alpha value is -4.50. The van der Waals surface area contributed by atoms with Crippen LogP contribution in [-0.2, 0) is 33.5 Å². The van der Waals surface area contributed by atoms with Crippen LogP contribution in [0.5, 0.6) is 0 Å². The van der Waals surface area contributed by atoms with Gasteiger partial charge in [-0.05, 0) is 41.2 Å². The first-order valence-corrected chi connectivity index (χ1v) is 12.8. The summed E-state index contributed by atoms with van der Waals surface area (Å²) in [6, 6.07) is 10.5. The number of nitrogens with zero attached hydrogens (tertiary/aromatic N) is 7. The van der Waals surface area contributed by atoms with Crippen LogP contribution < -0.4 is 5.32 Å². The third-order valence-corrected chi connectivity index (χ3v) is 6.93. The smallest absolute Gasteiger partial charge is 0.153 e. The molecule has 2 N–H and O–H groups in total. The predicted molar refractivity (Wildman–Crippen MR) is 149 cm³/mol. The van der Waals surface area contributed by atoms with Gasteiger partial charge in [-0.2, -0.15) is 15.3 Å². The van der Waals surface area contributed by atoms with E-state index in [2.05, 4.69) is 45.9 Å². The van der Waals surface area contributed by atoms with Gasteiger partial charge in [0.1, 0.15) is 5.82 Å².